The molecule has 1 aliphatic heterocycles. The van der Waals surface area contributed by atoms with E-state index in [4.69, 9.17) is 14.2 Å². The van der Waals surface area contributed by atoms with Gasteiger partial charge in [0.1, 0.15) is 4.21 Å². The highest BCUT2D eigenvalue weighted by atomic mass is 32.2. The number of hydrogen-bond acceptors (Lipinski definition) is 7. The summed E-state index contributed by atoms with van der Waals surface area (Å²) >= 11 is 1.14. The van der Waals surface area contributed by atoms with E-state index in [2.05, 4.69) is 5.32 Å². The van der Waals surface area contributed by atoms with Gasteiger partial charge >= 0.3 is 0 Å². The van der Waals surface area contributed by atoms with Gasteiger partial charge in [-0.05, 0) is 36.2 Å². The number of hydrogen-bond donors (Lipinski definition) is 1. The second-order valence-corrected chi connectivity index (χ2v) is 10.0. The van der Waals surface area contributed by atoms with E-state index >= 15 is 0 Å². The zero-order chi connectivity index (χ0) is 21.6. The van der Waals surface area contributed by atoms with Crippen molar-refractivity contribution in [3.63, 3.8) is 0 Å². The molecule has 1 aromatic carbocycles. The summed E-state index contributed by atoms with van der Waals surface area (Å²) in [4.78, 5) is 13.0. The van der Waals surface area contributed by atoms with E-state index in [1.54, 1.807) is 26.4 Å². The molecule has 1 aliphatic rings. The zero-order valence-corrected chi connectivity index (χ0v) is 18.7. The maximum atomic E-state index is 12.7. The minimum absolute atomic E-state index is 0.146. The van der Waals surface area contributed by atoms with E-state index in [0.717, 1.165) is 16.9 Å². The van der Waals surface area contributed by atoms with Gasteiger partial charge in [0.25, 0.3) is 10.0 Å². The van der Waals surface area contributed by atoms with E-state index < -0.39 is 10.0 Å². The van der Waals surface area contributed by atoms with Crippen molar-refractivity contribution < 1.29 is 27.4 Å². The molecule has 1 saturated heterocycles. The number of amides is 1. The third-order valence-electron chi connectivity index (χ3n) is 4.72. The van der Waals surface area contributed by atoms with Crippen LogP contribution >= 0.6 is 11.3 Å². The Morgan fingerprint density at radius 1 is 1.13 bits per heavy atom. The van der Waals surface area contributed by atoms with Crippen molar-refractivity contribution in [3.05, 3.63) is 40.8 Å². The number of morpholine rings is 1. The first-order valence-electron chi connectivity index (χ1n) is 9.58. The molecule has 0 unspecified atom stereocenters. The predicted octanol–water partition coefficient (Wildman–Crippen LogP) is 1.69. The number of sulfonamides is 1. The zero-order valence-electron chi connectivity index (χ0n) is 17.0. The van der Waals surface area contributed by atoms with Gasteiger partial charge in [-0.15, -0.1) is 11.3 Å². The van der Waals surface area contributed by atoms with Crippen LogP contribution in [0.15, 0.2) is 34.5 Å². The van der Waals surface area contributed by atoms with Crippen LogP contribution in [-0.2, 0) is 32.4 Å². The van der Waals surface area contributed by atoms with Crippen LogP contribution in [0.5, 0.6) is 11.5 Å². The average Bonchev–Trinajstić information content (AvgIpc) is 3.23. The molecular weight excluding hydrogens is 428 g/mol. The van der Waals surface area contributed by atoms with Gasteiger partial charge in [0.2, 0.25) is 5.91 Å². The molecule has 2 aromatic rings. The Morgan fingerprint density at radius 3 is 2.57 bits per heavy atom. The molecule has 1 aromatic heterocycles. The first-order chi connectivity index (χ1) is 14.4. The lowest BCUT2D eigenvalue weighted by molar-refractivity contribution is -0.120. The molecule has 0 radical (unpaired) electrons. The summed E-state index contributed by atoms with van der Waals surface area (Å²) < 4.78 is 42.8. The molecule has 8 nitrogen and oxygen atoms in total. The lowest BCUT2D eigenvalue weighted by atomic mass is 10.1. The van der Waals surface area contributed by atoms with E-state index in [1.807, 2.05) is 18.2 Å². The van der Waals surface area contributed by atoms with Crippen LogP contribution in [0.25, 0.3) is 0 Å². The first-order valence-corrected chi connectivity index (χ1v) is 11.8. The van der Waals surface area contributed by atoms with Crippen molar-refractivity contribution in [2.75, 3.05) is 47.1 Å². The largest absolute Gasteiger partial charge is 0.493 e. The Kier molecular flexibility index (Phi) is 7.70. The fraction of sp³-hybridized carbons (Fsp3) is 0.450. The maximum Gasteiger partial charge on any atom is 0.252 e. The van der Waals surface area contributed by atoms with E-state index in [-0.39, 0.29) is 16.5 Å². The van der Waals surface area contributed by atoms with Gasteiger partial charge in [0, 0.05) is 24.5 Å². The van der Waals surface area contributed by atoms with Crippen LogP contribution in [0.1, 0.15) is 10.4 Å². The van der Waals surface area contributed by atoms with Crippen LogP contribution in [0.4, 0.5) is 0 Å². The second kappa shape index (κ2) is 10.3. The summed E-state index contributed by atoms with van der Waals surface area (Å²) in [5, 5.41) is 2.88. The van der Waals surface area contributed by atoms with Gasteiger partial charge in [0.15, 0.2) is 11.5 Å². The standard InChI is InChI=1S/C20H26N2O6S2/c1-26-17-5-3-15(13-18(17)27-2)7-8-21-19(23)14-16-4-6-20(29-16)30(24,25)22-9-11-28-12-10-22/h3-6,13H,7-12,14H2,1-2H3,(H,21,23). The molecule has 0 saturated carbocycles. The Bertz CT molecular complexity index is 967. The SMILES string of the molecule is COc1ccc(CCNC(=O)Cc2ccc(S(=O)(=O)N3CCOCC3)s2)cc1OC. The normalized spacial score (nSPS) is 15.0. The summed E-state index contributed by atoms with van der Waals surface area (Å²) in [6.07, 6.45) is 0.794. The summed E-state index contributed by atoms with van der Waals surface area (Å²) in [5.74, 6) is 1.16. The quantitative estimate of drug-likeness (QED) is 0.620. The minimum atomic E-state index is -3.52. The molecule has 2 heterocycles. The van der Waals surface area contributed by atoms with Crippen LogP contribution in [0.2, 0.25) is 0 Å². The summed E-state index contributed by atoms with van der Waals surface area (Å²) in [7, 11) is -0.360. The van der Waals surface area contributed by atoms with Gasteiger partial charge < -0.3 is 19.5 Å². The fourth-order valence-electron chi connectivity index (χ4n) is 3.11. The lowest BCUT2D eigenvalue weighted by Crippen LogP contribution is -2.40. The number of nitrogens with one attached hydrogen (secondary N) is 1. The Hall–Kier alpha value is -2.14. The van der Waals surface area contributed by atoms with Crippen LogP contribution in [-0.4, -0.2) is 65.7 Å². The van der Waals surface area contributed by atoms with E-state index in [0.29, 0.717) is 55.6 Å². The molecule has 0 spiro atoms. The van der Waals surface area contributed by atoms with Gasteiger partial charge in [-0.1, -0.05) is 6.07 Å². The number of thiophene rings is 1. The molecule has 10 heteroatoms. The molecule has 3 rings (SSSR count). The van der Waals surface area contributed by atoms with Crippen LogP contribution in [0, 0.1) is 0 Å². The predicted molar refractivity (Wildman–Crippen MR) is 114 cm³/mol. The van der Waals surface area contributed by atoms with Crippen LogP contribution in [0.3, 0.4) is 0 Å². The summed E-state index contributed by atoms with van der Waals surface area (Å²) in [6.45, 7) is 1.98. The third-order valence-corrected chi connectivity index (χ3v) is 8.17. The number of carbonyl (C=O) groups excluding carboxylic acids is 1. The van der Waals surface area contributed by atoms with Gasteiger partial charge in [-0.2, -0.15) is 4.31 Å². The second-order valence-electron chi connectivity index (χ2n) is 6.70. The number of methoxy groups -OCH3 is 2. The van der Waals surface area contributed by atoms with Crippen molar-refractivity contribution in [2.24, 2.45) is 0 Å². The first kappa shape index (κ1) is 22.5. The number of rotatable bonds is 9. The monoisotopic (exact) mass is 454 g/mol. The van der Waals surface area contributed by atoms with E-state index in [1.165, 1.54) is 4.31 Å². The number of ether oxygens (including phenoxy) is 3. The number of nitrogens with zero attached hydrogens (tertiary/aromatic N) is 1. The van der Waals surface area contributed by atoms with Crippen molar-refractivity contribution in [1.82, 2.24) is 9.62 Å². The molecule has 30 heavy (non-hydrogen) atoms. The molecule has 164 valence electrons. The van der Waals surface area contributed by atoms with Crippen molar-refractivity contribution in [1.29, 1.82) is 0 Å². The minimum Gasteiger partial charge on any atom is -0.493 e. The topological polar surface area (TPSA) is 94.2 Å². The molecule has 1 fully saturated rings. The smallest absolute Gasteiger partial charge is 0.252 e. The number of carbonyl (C=O) groups is 1. The van der Waals surface area contributed by atoms with Crippen molar-refractivity contribution in [3.8, 4) is 11.5 Å². The van der Waals surface area contributed by atoms with E-state index in [9.17, 15) is 13.2 Å². The van der Waals surface area contributed by atoms with Crippen molar-refractivity contribution in [2.45, 2.75) is 17.1 Å². The van der Waals surface area contributed by atoms with Crippen molar-refractivity contribution >= 4 is 27.3 Å². The molecule has 1 amide bonds. The third kappa shape index (κ3) is 5.51. The van der Waals surface area contributed by atoms with Gasteiger partial charge in [0.05, 0.1) is 33.9 Å². The molecule has 0 bridgehead atoms. The highest BCUT2D eigenvalue weighted by Crippen LogP contribution is 2.28. The lowest BCUT2D eigenvalue weighted by Gasteiger charge is -2.25. The Balaban J connectivity index is 1.51. The summed E-state index contributed by atoms with van der Waals surface area (Å²) in [6, 6.07) is 8.91. The molecular formula is C20H26N2O6S2. The molecule has 1 N–H and O–H groups in total. The fourth-order valence-corrected chi connectivity index (χ4v) is 6.03. The highest BCUT2D eigenvalue weighted by Gasteiger charge is 2.27. The Morgan fingerprint density at radius 2 is 1.87 bits per heavy atom. The molecule has 0 atom stereocenters. The van der Waals surface area contributed by atoms with Gasteiger partial charge in [-0.3, -0.25) is 4.79 Å². The number of benzene rings is 1. The average molecular weight is 455 g/mol. The Labute approximate surface area is 180 Å². The highest BCUT2D eigenvalue weighted by molar-refractivity contribution is 7.91. The summed E-state index contributed by atoms with van der Waals surface area (Å²) in [5.41, 5.74) is 1.02. The molecule has 0 aliphatic carbocycles. The van der Waals surface area contributed by atoms with Gasteiger partial charge in [-0.25, -0.2) is 8.42 Å². The maximum absolute atomic E-state index is 12.7. The van der Waals surface area contributed by atoms with Crippen LogP contribution < -0.4 is 14.8 Å².